The van der Waals surface area contributed by atoms with Crippen molar-refractivity contribution in [3.8, 4) is 0 Å². The Bertz CT molecular complexity index is 500. The fourth-order valence-corrected chi connectivity index (χ4v) is 5.25. The number of carboxylic acids is 1. The molecule has 116 valence electrons. The van der Waals surface area contributed by atoms with E-state index in [1.54, 1.807) is 5.57 Å². The van der Waals surface area contributed by atoms with Gasteiger partial charge in [0, 0.05) is 0 Å². The van der Waals surface area contributed by atoms with Gasteiger partial charge < -0.3 is 5.11 Å². The van der Waals surface area contributed by atoms with Crippen molar-refractivity contribution in [3.05, 3.63) is 23.3 Å². The fourth-order valence-electron chi connectivity index (χ4n) is 5.25. The lowest BCUT2D eigenvalue weighted by Crippen LogP contribution is -2.48. The molecule has 0 spiro atoms. The summed E-state index contributed by atoms with van der Waals surface area (Å²) in [6.07, 6.45) is 11.3. The predicted octanol–water partition coefficient (Wildman–Crippen LogP) is 4.82. The number of allylic oxidation sites excluding steroid dienone is 4. The van der Waals surface area contributed by atoms with Gasteiger partial charge >= 0.3 is 5.97 Å². The van der Waals surface area contributed by atoms with Gasteiger partial charge in [-0.25, -0.2) is 0 Å². The lowest BCUT2D eigenvalue weighted by atomic mass is 9.50. The molecule has 21 heavy (non-hydrogen) atoms. The van der Waals surface area contributed by atoms with Crippen molar-refractivity contribution in [1.82, 2.24) is 0 Å². The Balaban J connectivity index is 1.90. The second-order valence-electron chi connectivity index (χ2n) is 7.85. The number of carboxylic acid groups (broad SMARTS) is 1. The first-order chi connectivity index (χ1) is 9.93. The molecular formula is C19H28O2. The molecule has 2 saturated carbocycles. The highest BCUT2D eigenvalue weighted by Gasteiger charge is 2.52. The third-order valence-electron chi connectivity index (χ3n) is 6.48. The van der Waals surface area contributed by atoms with E-state index in [0.29, 0.717) is 17.8 Å². The second-order valence-corrected chi connectivity index (χ2v) is 7.85. The molecule has 2 fully saturated rings. The highest BCUT2D eigenvalue weighted by Crippen LogP contribution is 2.59. The zero-order valence-electron chi connectivity index (χ0n) is 13.6. The summed E-state index contributed by atoms with van der Waals surface area (Å²) in [7, 11) is 0. The van der Waals surface area contributed by atoms with E-state index in [2.05, 4.69) is 32.9 Å². The van der Waals surface area contributed by atoms with Crippen molar-refractivity contribution in [1.29, 1.82) is 0 Å². The molecule has 4 atom stereocenters. The van der Waals surface area contributed by atoms with Gasteiger partial charge in [0.05, 0.1) is 5.92 Å². The monoisotopic (exact) mass is 288 g/mol. The van der Waals surface area contributed by atoms with Crippen LogP contribution in [0.5, 0.6) is 0 Å². The van der Waals surface area contributed by atoms with Gasteiger partial charge in [-0.2, -0.15) is 0 Å². The van der Waals surface area contributed by atoms with Crippen LogP contribution in [0.2, 0.25) is 0 Å². The maximum absolute atomic E-state index is 11.6. The summed E-state index contributed by atoms with van der Waals surface area (Å²) in [6.45, 7) is 6.90. The van der Waals surface area contributed by atoms with Gasteiger partial charge in [-0.15, -0.1) is 0 Å². The highest BCUT2D eigenvalue weighted by atomic mass is 16.4. The van der Waals surface area contributed by atoms with Crippen LogP contribution in [0.4, 0.5) is 0 Å². The number of fused-ring (bicyclic) bond motifs is 3. The van der Waals surface area contributed by atoms with Crippen LogP contribution in [0.1, 0.15) is 59.3 Å². The Morgan fingerprint density at radius 1 is 1.38 bits per heavy atom. The third kappa shape index (κ3) is 2.37. The standard InChI is InChI=1S/C19H28O2/c1-12(2)13-6-8-16-14(11-13)7-9-17-15(18(20)21)5-4-10-19(16,17)3/h6,11-12,15-17H,4-5,7-10H2,1-3H3,(H,20,21). The van der Waals surface area contributed by atoms with E-state index in [1.807, 2.05) is 0 Å². The summed E-state index contributed by atoms with van der Waals surface area (Å²) in [5.41, 5.74) is 3.28. The molecule has 0 aromatic rings. The van der Waals surface area contributed by atoms with E-state index in [-0.39, 0.29) is 11.3 Å². The summed E-state index contributed by atoms with van der Waals surface area (Å²) in [4.78, 5) is 11.6. The lowest BCUT2D eigenvalue weighted by molar-refractivity contribution is -0.150. The molecule has 1 N–H and O–H groups in total. The van der Waals surface area contributed by atoms with Crippen LogP contribution in [0.25, 0.3) is 0 Å². The molecule has 4 unspecified atom stereocenters. The van der Waals surface area contributed by atoms with Crippen LogP contribution in [-0.2, 0) is 4.79 Å². The van der Waals surface area contributed by atoms with E-state index in [0.717, 1.165) is 32.1 Å². The predicted molar refractivity (Wildman–Crippen MR) is 84.9 cm³/mol. The first-order valence-corrected chi connectivity index (χ1v) is 8.57. The minimum absolute atomic E-state index is 0.110. The fraction of sp³-hybridized carbons (Fsp3) is 0.737. The van der Waals surface area contributed by atoms with Gasteiger partial charge in [0.1, 0.15) is 0 Å². The molecule has 0 aliphatic heterocycles. The Morgan fingerprint density at radius 2 is 2.14 bits per heavy atom. The molecule has 3 aliphatic carbocycles. The van der Waals surface area contributed by atoms with Crippen LogP contribution >= 0.6 is 0 Å². The van der Waals surface area contributed by atoms with Gasteiger partial charge in [0.15, 0.2) is 0 Å². The van der Waals surface area contributed by atoms with Crippen LogP contribution < -0.4 is 0 Å². The highest BCUT2D eigenvalue weighted by molar-refractivity contribution is 5.70. The van der Waals surface area contributed by atoms with Gasteiger partial charge in [-0.05, 0) is 60.8 Å². The molecule has 0 amide bonds. The van der Waals surface area contributed by atoms with Gasteiger partial charge in [-0.1, -0.05) is 44.9 Å². The Labute approximate surface area is 128 Å². The van der Waals surface area contributed by atoms with Gasteiger partial charge in [-0.3, -0.25) is 4.79 Å². The van der Waals surface area contributed by atoms with Crippen molar-refractivity contribution < 1.29 is 9.90 Å². The molecular weight excluding hydrogens is 260 g/mol. The second kappa shape index (κ2) is 5.30. The molecule has 2 heteroatoms. The Hall–Kier alpha value is -1.05. The SMILES string of the molecule is CC(C)C1=CCC2C(=C1)CCC1C(C(=O)O)CCCC21C. The molecule has 3 aliphatic rings. The molecule has 0 saturated heterocycles. The van der Waals surface area contributed by atoms with E-state index in [4.69, 9.17) is 0 Å². The normalized spacial score (nSPS) is 39.1. The van der Waals surface area contributed by atoms with Gasteiger partial charge in [0.25, 0.3) is 0 Å². The first-order valence-electron chi connectivity index (χ1n) is 8.57. The molecule has 0 bridgehead atoms. The van der Waals surface area contributed by atoms with E-state index in [9.17, 15) is 9.90 Å². The summed E-state index contributed by atoms with van der Waals surface area (Å²) >= 11 is 0. The van der Waals surface area contributed by atoms with Crippen LogP contribution in [-0.4, -0.2) is 11.1 Å². The first kappa shape index (κ1) is 14.9. The minimum atomic E-state index is -0.562. The molecule has 0 aromatic carbocycles. The average molecular weight is 288 g/mol. The third-order valence-corrected chi connectivity index (χ3v) is 6.48. The number of carbonyl (C=O) groups is 1. The van der Waals surface area contributed by atoms with Crippen molar-refractivity contribution in [2.75, 3.05) is 0 Å². The van der Waals surface area contributed by atoms with Crippen LogP contribution in [0.15, 0.2) is 23.3 Å². The van der Waals surface area contributed by atoms with E-state index < -0.39 is 5.97 Å². The maximum Gasteiger partial charge on any atom is 0.306 e. The zero-order valence-corrected chi connectivity index (χ0v) is 13.6. The number of hydrogen-bond donors (Lipinski definition) is 1. The smallest absolute Gasteiger partial charge is 0.306 e. The largest absolute Gasteiger partial charge is 0.481 e. The quantitative estimate of drug-likeness (QED) is 0.791. The molecule has 0 aromatic heterocycles. The molecule has 0 radical (unpaired) electrons. The summed E-state index contributed by atoms with van der Waals surface area (Å²) < 4.78 is 0. The summed E-state index contributed by atoms with van der Waals surface area (Å²) in [6, 6.07) is 0. The number of aliphatic carboxylic acids is 1. The van der Waals surface area contributed by atoms with Crippen molar-refractivity contribution >= 4 is 5.97 Å². The maximum atomic E-state index is 11.6. The van der Waals surface area contributed by atoms with Crippen molar-refractivity contribution in [3.63, 3.8) is 0 Å². The van der Waals surface area contributed by atoms with Crippen LogP contribution in [0.3, 0.4) is 0 Å². The Morgan fingerprint density at radius 3 is 2.81 bits per heavy atom. The van der Waals surface area contributed by atoms with E-state index >= 15 is 0 Å². The Kier molecular flexibility index (Phi) is 3.75. The van der Waals surface area contributed by atoms with Gasteiger partial charge in [0.2, 0.25) is 0 Å². The summed E-state index contributed by atoms with van der Waals surface area (Å²) in [5.74, 6) is 0.885. The molecule has 3 rings (SSSR count). The number of rotatable bonds is 2. The average Bonchev–Trinajstić information content (AvgIpc) is 2.45. The topological polar surface area (TPSA) is 37.3 Å². The lowest BCUT2D eigenvalue weighted by Gasteiger charge is -2.54. The van der Waals surface area contributed by atoms with Crippen LogP contribution in [0, 0.1) is 29.1 Å². The van der Waals surface area contributed by atoms with Crippen molar-refractivity contribution in [2.24, 2.45) is 29.1 Å². The molecule has 2 nitrogen and oxygen atoms in total. The zero-order chi connectivity index (χ0) is 15.2. The van der Waals surface area contributed by atoms with Crippen molar-refractivity contribution in [2.45, 2.75) is 59.3 Å². The molecule has 0 heterocycles. The number of hydrogen-bond acceptors (Lipinski definition) is 1. The van der Waals surface area contributed by atoms with E-state index in [1.165, 1.54) is 12.0 Å². The minimum Gasteiger partial charge on any atom is -0.481 e. The summed E-state index contributed by atoms with van der Waals surface area (Å²) in [5, 5.41) is 9.58.